The smallest absolute Gasteiger partial charge is 0.307 e. The van der Waals surface area contributed by atoms with E-state index in [9.17, 15) is 9.90 Å². The van der Waals surface area contributed by atoms with Gasteiger partial charge in [-0.15, -0.1) is 0 Å². The first-order valence-electron chi connectivity index (χ1n) is 9.98. The lowest BCUT2D eigenvalue weighted by atomic mass is 9.84. The molecule has 0 spiro atoms. The number of rotatable bonds is 6. The molecule has 0 saturated carbocycles. The molecule has 0 bridgehead atoms. The molecule has 0 fully saturated rings. The van der Waals surface area contributed by atoms with Gasteiger partial charge in [0.1, 0.15) is 5.82 Å². The second-order valence-electron chi connectivity index (χ2n) is 7.87. The Bertz CT molecular complexity index is 795. The van der Waals surface area contributed by atoms with Crippen LogP contribution >= 0.6 is 11.6 Å². The Morgan fingerprint density at radius 3 is 2.59 bits per heavy atom. The van der Waals surface area contributed by atoms with E-state index < -0.39 is 5.97 Å². The van der Waals surface area contributed by atoms with E-state index in [0.717, 1.165) is 53.5 Å². The maximum absolute atomic E-state index is 12.0. The van der Waals surface area contributed by atoms with Gasteiger partial charge < -0.3 is 9.67 Å². The molecule has 1 aliphatic carbocycles. The largest absolute Gasteiger partial charge is 0.481 e. The van der Waals surface area contributed by atoms with Gasteiger partial charge in [-0.2, -0.15) is 0 Å². The maximum atomic E-state index is 12.0. The van der Waals surface area contributed by atoms with Crippen LogP contribution in [0.15, 0.2) is 24.3 Å². The molecule has 1 heterocycles. The number of nitrogens with zero attached hydrogens (tertiary/aromatic N) is 2. The number of fused-ring (bicyclic) bond motifs is 1. The van der Waals surface area contributed by atoms with Crippen molar-refractivity contribution in [1.29, 1.82) is 0 Å². The Morgan fingerprint density at radius 1 is 1.30 bits per heavy atom. The van der Waals surface area contributed by atoms with Crippen LogP contribution in [0, 0.1) is 5.92 Å². The predicted octanol–water partition coefficient (Wildman–Crippen LogP) is 5.63. The Balaban J connectivity index is 2.11. The summed E-state index contributed by atoms with van der Waals surface area (Å²) in [5.74, 6) is 0.317. The minimum absolute atomic E-state index is 0.0253. The second-order valence-corrected chi connectivity index (χ2v) is 8.31. The lowest BCUT2D eigenvalue weighted by molar-refractivity contribution is -0.142. The Hall–Kier alpha value is -1.81. The highest BCUT2D eigenvalue weighted by atomic mass is 35.5. The maximum Gasteiger partial charge on any atom is 0.307 e. The van der Waals surface area contributed by atoms with Crippen LogP contribution in [0.2, 0.25) is 5.02 Å². The zero-order chi connectivity index (χ0) is 19.6. The monoisotopic (exact) mass is 388 g/mol. The molecule has 2 unspecified atom stereocenters. The number of aryl methyl sites for hydroxylation is 1. The number of carbonyl (C=O) groups is 1. The van der Waals surface area contributed by atoms with Gasteiger partial charge in [-0.25, -0.2) is 4.98 Å². The average Bonchev–Trinajstić information content (AvgIpc) is 2.84. The molecule has 27 heavy (non-hydrogen) atoms. The van der Waals surface area contributed by atoms with Gasteiger partial charge in [0.2, 0.25) is 0 Å². The molecule has 1 N–H and O–H groups in total. The number of aliphatic carboxylic acids is 1. The number of halogens is 1. The van der Waals surface area contributed by atoms with E-state index in [2.05, 4.69) is 18.4 Å². The number of benzene rings is 1. The van der Waals surface area contributed by atoms with Crippen molar-refractivity contribution in [3.63, 3.8) is 0 Å². The molecule has 146 valence electrons. The normalized spacial score (nSPS) is 18.2. The third-order valence-electron chi connectivity index (χ3n) is 5.66. The number of carboxylic acids is 1. The van der Waals surface area contributed by atoms with Gasteiger partial charge in [-0.1, -0.05) is 50.9 Å². The number of hydrogen-bond acceptors (Lipinski definition) is 2. The lowest BCUT2D eigenvalue weighted by Gasteiger charge is -2.25. The van der Waals surface area contributed by atoms with Gasteiger partial charge in [-0.05, 0) is 43.4 Å². The quantitative estimate of drug-likeness (QED) is 0.652. The fourth-order valence-electron chi connectivity index (χ4n) is 4.33. The zero-order valence-electron chi connectivity index (χ0n) is 16.4. The Labute approximate surface area is 166 Å². The van der Waals surface area contributed by atoms with Gasteiger partial charge in [-0.3, -0.25) is 4.79 Å². The van der Waals surface area contributed by atoms with Crippen LogP contribution in [0.5, 0.6) is 0 Å². The van der Waals surface area contributed by atoms with Crippen LogP contribution in [0.1, 0.15) is 81.1 Å². The molecule has 3 rings (SSSR count). The molecule has 1 aliphatic rings. The third-order valence-corrected chi connectivity index (χ3v) is 5.91. The molecule has 1 aromatic heterocycles. The molecule has 1 aromatic carbocycles. The third kappa shape index (κ3) is 4.21. The molecule has 2 aromatic rings. The van der Waals surface area contributed by atoms with E-state index in [4.69, 9.17) is 16.6 Å². The highest BCUT2D eigenvalue weighted by Crippen LogP contribution is 2.39. The van der Waals surface area contributed by atoms with E-state index >= 15 is 0 Å². The summed E-state index contributed by atoms with van der Waals surface area (Å²) < 4.78 is 2.30. The molecular weight excluding hydrogens is 360 g/mol. The van der Waals surface area contributed by atoms with Gasteiger partial charge in [0.15, 0.2) is 0 Å². The Kier molecular flexibility index (Phi) is 6.25. The van der Waals surface area contributed by atoms with Gasteiger partial charge in [0.25, 0.3) is 0 Å². The van der Waals surface area contributed by atoms with E-state index in [0.29, 0.717) is 13.0 Å². The molecule has 0 radical (unpaired) electrons. The minimum atomic E-state index is -0.694. The molecule has 0 aliphatic heterocycles. The zero-order valence-corrected chi connectivity index (χ0v) is 17.2. The summed E-state index contributed by atoms with van der Waals surface area (Å²) in [4.78, 5) is 16.9. The van der Waals surface area contributed by atoms with Crippen molar-refractivity contribution in [2.24, 2.45) is 5.92 Å². The number of carboxylic acid groups (broad SMARTS) is 1. The molecular formula is C22H29ClN2O2. The van der Waals surface area contributed by atoms with Crippen molar-refractivity contribution in [1.82, 2.24) is 9.55 Å². The summed E-state index contributed by atoms with van der Waals surface area (Å²) in [7, 11) is 0. The van der Waals surface area contributed by atoms with Crippen LogP contribution < -0.4 is 0 Å². The summed E-state index contributed by atoms with van der Waals surface area (Å²) in [6.07, 6.45) is 4.64. The van der Waals surface area contributed by atoms with E-state index in [-0.39, 0.29) is 17.8 Å². The van der Waals surface area contributed by atoms with Crippen molar-refractivity contribution < 1.29 is 9.90 Å². The fraction of sp³-hybridized carbons (Fsp3) is 0.545. The van der Waals surface area contributed by atoms with E-state index in [1.54, 1.807) is 0 Å². The highest BCUT2D eigenvalue weighted by Gasteiger charge is 2.35. The van der Waals surface area contributed by atoms with Gasteiger partial charge in [0.05, 0.1) is 11.6 Å². The first-order chi connectivity index (χ1) is 12.9. The standard InChI is InChI=1S/C22H29ClN2O2/c1-4-17(22(26)27)18-7-5-6-8-19-20(18)25(21(24-19)14(2)3)13-15-9-11-16(23)12-10-15/h9-12,14,17-18H,4-8,13H2,1-3H3,(H,26,27). The van der Waals surface area contributed by atoms with Crippen molar-refractivity contribution >= 4 is 17.6 Å². The predicted molar refractivity (Wildman–Crippen MR) is 109 cm³/mol. The summed E-state index contributed by atoms with van der Waals surface area (Å²) in [5.41, 5.74) is 3.42. The van der Waals surface area contributed by atoms with Crippen molar-refractivity contribution in [2.75, 3.05) is 0 Å². The summed E-state index contributed by atoms with van der Waals surface area (Å²) >= 11 is 6.05. The number of aromatic nitrogens is 2. The average molecular weight is 389 g/mol. The van der Waals surface area contributed by atoms with Crippen LogP contribution in [0.4, 0.5) is 0 Å². The summed E-state index contributed by atoms with van der Waals surface area (Å²) in [6.45, 7) is 7.00. The van der Waals surface area contributed by atoms with Crippen LogP contribution in [0.25, 0.3) is 0 Å². The van der Waals surface area contributed by atoms with Crippen molar-refractivity contribution in [3.8, 4) is 0 Å². The number of hydrogen-bond donors (Lipinski definition) is 1. The van der Waals surface area contributed by atoms with E-state index in [1.165, 1.54) is 0 Å². The molecule has 0 amide bonds. The summed E-state index contributed by atoms with van der Waals surface area (Å²) in [6, 6.07) is 7.90. The van der Waals surface area contributed by atoms with Gasteiger partial charge >= 0.3 is 5.97 Å². The minimum Gasteiger partial charge on any atom is -0.481 e. The van der Waals surface area contributed by atoms with Crippen LogP contribution in [0.3, 0.4) is 0 Å². The first-order valence-corrected chi connectivity index (χ1v) is 10.4. The van der Waals surface area contributed by atoms with E-state index in [1.807, 2.05) is 31.2 Å². The molecule has 2 atom stereocenters. The SMILES string of the molecule is CCC(C(=O)O)C1CCCCc2nc(C(C)C)n(Cc3ccc(Cl)cc3)c21. The lowest BCUT2D eigenvalue weighted by Crippen LogP contribution is -2.24. The van der Waals surface area contributed by atoms with Gasteiger partial charge in [0, 0.05) is 29.1 Å². The first kappa shape index (κ1) is 19.9. The van der Waals surface area contributed by atoms with Crippen molar-refractivity contribution in [3.05, 3.63) is 52.1 Å². The summed E-state index contributed by atoms with van der Waals surface area (Å²) in [5, 5.41) is 10.5. The molecule has 0 saturated heterocycles. The molecule has 4 nitrogen and oxygen atoms in total. The Morgan fingerprint density at radius 2 is 2.00 bits per heavy atom. The second kappa shape index (κ2) is 8.47. The topological polar surface area (TPSA) is 55.1 Å². The fourth-order valence-corrected chi connectivity index (χ4v) is 4.45. The number of imidazole rings is 1. The van der Waals surface area contributed by atoms with Crippen LogP contribution in [-0.4, -0.2) is 20.6 Å². The highest BCUT2D eigenvalue weighted by molar-refractivity contribution is 6.30. The van der Waals surface area contributed by atoms with Crippen molar-refractivity contribution in [2.45, 2.75) is 71.3 Å². The molecule has 5 heteroatoms. The van der Waals surface area contributed by atoms with Crippen LogP contribution in [-0.2, 0) is 17.8 Å².